The van der Waals surface area contributed by atoms with E-state index in [1.165, 1.54) is 64.2 Å². The molecule has 2 saturated carbocycles. The Morgan fingerprint density at radius 2 is 1.63 bits per heavy atom. The van der Waals surface area contributed by atoms with Gasteiger partial charge in [0.15, 0.2) is 0 Å². The molecule has 0 saturated heterocycles. The van der Waals surface area contributed by atoms with Crippen molar-refractivity contribution in [2.45, 2.75) is 91.0 Å². The van der Waals surface area contributed by atoms with Gasteiger partial charge in [0.05, 0.1) is 0 Å². The molecule has 0 heterocycles. The Kier molecular flexibility index (Phi) is 5.74. The van der Waals surface area contributed by atoms with E-state index in [-0.39, 0.29) is 0 Å². The van der Waals surface area contributed by atoms with E-state index in [0.29, 0.717) is 5.41 Å². The second-order valence-electron chi connectivity index (χ2n) is 7.44. The van der Waals surface area contributed by atoms with Crippen molar-refractivity contribution < 1.29 is 0 Å². The summed E-state index contributed by atoms with van der Waals surface area (Å²) in [5.41, 5.74) is 0.581. The molecule has 0 aromatic heterocycles. The van der Waals surface area contributed by atoms with Gasteiger partial charge in [-0.2, -0.15) is 0 Å². The smallest absolute Gasteiger partial charge is 0.0149 e. The molecule has 2 rings (SSSR count). The third kappa shape index (κ3) is 3.74. The van der Waals surface area contributed by atoms with Crippen LogP contribution in [0.5, 0.6) is 0 Å². The van der Waals surface area contributed by atoms with Crippen LogP contribution in [0.4, 0.5) is 0 Å². The Balaban J connectivity index is 1.99. The lowest BCUT2D eigenvalue weighted by Gasteiger charge is -2.47. The van der Waals surface area contributed by atoms with E-state index in [0.717, 1.165) is 24.4 Å². The maximum atomic E-state index is 3.90. The summed E-state index contributed by atoms with van der Waals surface area (Å²) >= 11 is 0. The maximum Gasteiger partial charge on any atom is 0.0149 e. The average molecular weight is 265 g/mol. The van der Waals surface area contributed by atoms with Crippen molar-refractivity contribution in [3.8, 4) is 0 Å². The third-order valence-electron chi connectivity index (χ3n) is 6.11. The summed E-state index contributed by atoms with van der Waals surface area (Å²) in [6.07, 6.45) is 14.6. The van der Waals surface area contributed by atoms with E-state index < -0.39 is 0 Å². The molecule has 1 atom stereocenters. The highest BCUT2D eigenvalue weighted by Crippen LogP contribution is 2.45. The number of hydrogen-bond donors (Lipinski definition) is 1. The monoisotopic (exact) mass is 265 g/mol. The van der Waals surface area contributed by atoms with Gasteiger partial charge in [-0.3, -0.25) is 0 Å². The molecule has 0 aromatic rings. The lowest BCUT2D eigenvalue weighted by molar-refractivity contribution is 0.0776. The van der Waals surface area contributed by atoms with E-state index in [1.807, 2.05) is 0 Å². The van der Waals surface area contributed by atoms with E-state index in [9.17, 15) is 0 Å². The predicted molar refractivity (Wildman–Crippen MR) is 84.4 cm³/mol. The lowest BCUT2D eigenvalue weighted by Crippen LogP contribution is -2.50. The van der Waals surface area contributed by atoms with Crippen LogP contribution in [0, 0.1) is 17.3 Å². The minimum atomic E-state index is 0.581. The van der Waals surface area contributed by atoms with Crippen LogP contribution in [0.15, 0.2) is 0 Å². The van der Waals surface area contributed by atoms with Crippen molar-refractivity contribution in [2.75, 3.05) is 6.54 Å². The van der Waals surface area contributed by atoms with Crippen LogP contribution >= 0.6 is 0 Å². The molecule has 1 nitrogen and oxygen atoms in total. The van der Waals surface area contributed by atoms with Gasteiger partial charge < -0.3 is 5.32 Å². The van der Waals surface area contributed by atoms with Crippen molar-refractivity contribution in [2.24, 2.45) is 17.3 Å². The first-order chi connectivity index (χ1) is 9.19. The molecular formula is C18H35N. The topological polar surface area (TPSA) is 12.0 Å². The molecule has 112 valence electrons. The molecule has 0 amide bonds. The van der Waals surface area contributed by atoms with Gasteiger partial charge in [0.25, 0.3) is 0 Å². The largest absolute Gasteiger partial charge is 0.313 e. The fourth-order valence-electron chi connectivity index (χ4n) is 4.80. The van der Waals surface area contributed by atoms with E-state index in [1.54, 1.807) is 0 Å². The normalized spacial score (nSPS) is 33.0. The third-order valence-corrected chi connectivity index (χ3v) is 6.11. The van der Waals surface area contributed by atoms with E-state index >= 15 is 0 Å². The fraction of sp³-hybridized carbons (Fsp3) is 1.00. The van der Waals surface area contributed by atoms with Gasteiger partial charge in [-0.1, -0.05) is 59.3 Å². The molecule has 1 unspecified atom stereocenters. The summed E-state index contributed by atoms with van der Waals surface area (Å²) in [7, 11) is 0. The van der Waals surface area contributed by atoms with E-state index in [4.69, 9.17) is 0 Å². The highest BCUT2D eigenvalue weighted by molar-refractivity contribution is 4.95. The van der Waals surface area contributed by atoms with Crippen molar-refractivity contribution in [1.29, 1.82) is 0 Å². The first-order valence-corrected chi connectivity index (χ1v) is 8.93. The molecule has 2 fully saturated rings. The van der Waals surface area contributed by atoms with Gasteiger partial charge in [0.2, 0.25) is 0 Å². The summed E-state index contributed by atoms with van der Waals surface area (Å²) in [6, 6.07) is 0.788. The molecule has 19 heavy (non-hydrogen) atoms. The van der Waals surface area contributed by atoms with Gasteiger partial charge in [0, 0.05) is 6.04 Å². The van der Waals surface area contributed by atoms with Crippen LogP contribution in [-0.4, -0.2) is 12.6 Å². The highest BCUT2D eigenvalue weighted by Gasteiger charge is 2.40. The molecule has 0 bridgehead atoms. The minimum absolute atomic E-state index is 0.581. The van der Waals surface area contributed by atoms with Gasteiger partial charge in [0.1, 0.15) is 0 Å². The zero-order chi connectivity index (χ0) is 13.7. The molecule has 0 aliphatic heterocycles. The maximum absolute atomic E-state index is 3.90. The summed E-state index contributed by atoms with van der Waals surface area (Å²) in [5.74, 6) is 1.98. The fourth-order valence-corrected chi connectivity index (χ4v) is 4.80. The summed E-state index contributed by atoms with van der Waals surface area (Å²) in [5, 5.41) is 3.90. The second-order valence-corrected chi connectivity index (χ2v) is 7.44. The number of nitrogens with one attached hydrogen (secondary N) is 1. The van der Waals surface area contributed by atoms with Crippen molar-refractivity contribution in [3.63, 3.8) is 0 Å². The Morgan fingerprint density at radius 1 is 1.00 bits per heavy atom. The molecule has 0 spiro atoms. The SMILES string of the molecule is CCNC(C1CCC(CC)CC1)C1(C)CCCCC1. The Labute approximate surface area is 120 Å². The Morgan fingerprint density at radius 3 is 2.16 bits per heavy atom. The molecule has 1 N–H and O–H groups in total. The van der Waals surface area contributed by atoms with Crippen LogP contribution < -0.4 is 5.32 Å². The van der Waals surface area contributed by atoms with Crippen LogP contribution in [0.3, 0.4) is 0 Å². The second kappa shape index (κ2) is 7.11. The highest BCUT2D eigenvalue weighted by atomic mass is 14.9. The first kappa shape index (κ1) is 15.4. The van der Waals surface area contributed by atoms with Gasteiger partial charge in [-0.25, -0.2) is 0 Å². The zero-order valence-corrected chi connectivity index (χ0v) is 13.5. The number of hydrogen-bond acceptors (Lipinski definition) is 1. The molecule has 2 aliphatic rings. The summed E-state index contributed by atoms with van der Waals surface area (Å²) in [4.78, 5) is 0. The van der Waals surface area contributed by atoms with Crippen LogP contribution in [-0.2, 0) is 0 Å². The van der Waals surface area contributed by atoms with Gasteiger partial charge in [-0.15, -0.1) is 0 Å². The quantitative estimate of drug-likeness (QED) is 0.724. The number of rotatable bonds is 5. The van der Waals surface area contributed by atoms with Crippen molar-refractivity contribution in [1.82, 2.24) is 5.32 Å². The van der Waals surface area contributed by atoms with Gasteiger partial charge in [-0.05, 0) is 49.5 Å². The van der Waals surface area contributed by atoms with Crippen LogP contribution in [0.25, 0.3) is 0 Å². The molecule has 0 aromatic carbocycles. The summed E-state index contributed by atoms with van der Waals surface area (Å²) < 4.78 is 0. The van der Waals surface area contributed by atoms with Crippen molar-refractivity contribution in [3.05, 3.63) is 0 Å². The minimum Gasteiger partial charge on any atom is -0.313 e. The molecule has 0 radical (unpaired) electrons. The lowest BCUT2D eigenvalue weighted by atomic mass is 9.63. The van der Waals surface area contributed by atoms with Crippen LogP contribution in [0.2, 0.25) is 0 Å². The Bertz CT molecular complexity index is 246. The predicted octanol–water partition coefficient (Wildman–Crippen LogP) is 5.15. The first-order valence-electron chi connectivity index (χ1n) is 8.93. The van der Waals surface area contributed by atoms with E-state index in [2.05, 4.69) is 26.1 Å². The average Bonchev–Trinajstić information content (AvgIpc) is 2.45. The standard InChI is InChI=1S/C18H35N/c1-4-15-9-11-16(12-10-15)17(19-5-2)18(3)13-7-6-8-14-18/h15-17,19H,4-14H2,1-3H3. The molecule has 2 aliphatic carbocycles. The summed E-state index contributed by atoms with van der Waals surface area (Å²) in [6.45, 7) is 8.38. The molecule has 1 heteroatoms. The Hall–Kier alpha value is -0.0400. The zero-order valence-electron chi connectivity index (χ0n) is 13.5. The van der Waals surface area contributed by atoms with Gasteiger partial charge >= 0.3 is 0 Å². The van der Waals surface area contributed by atoms with Crippen molar-refractivity contribution >= 4 is 0 Å². The molecular weight excluding hydrogens is 230 g/mol. The van der Waals surface area contributed by atoms with Crippen LogP contribution in [0.1, 0.15) is 85.0 Å².